The summed E-state index contributed by atoms with van der Waals surface area (Å²) in [4.78, 5) is 10.9. The minimum atomic E-state index is -1.41. The van der Waals surface area contributed by atoms with Gasteiger partial charge in [0, 0.05) is 0 Å². The van der Waals surface area contributed by atoms with Crippen molar-refractivity contribution in [2.45, 2.75) is 44.3 Å². The highest BCUT2D eigenvalue weighted by Gasteiger charge is 2.31. The molecule has 0 bridgehead atoms. The minimum Gasteiger partial charge on any atom is -0.390 e. The second-order valence-electron chi connectivity index (χ2n) is 3.96. The largest absolute Gasteiger partial charge is 0.390 e. The van der Waals surface area contributed by atoms with Gasteiger partial charge in [-0.15, -0.1) is 0 Å². The van der Waals surface area contributed by atoms with Crippen LogP contribution in [0, 0.1) is 5.92 Å². The number of rotatable bonds is 4. The summed E-state index contributed by atoms with van der Waals surface area (Å²) in [5.41, 5.74) is 0. The molecule has 4 nitrogen and oxygen atoms in total. The van der Waals surface area contributed by atoms with E-state index in [1.165, 1.54) is 0 Å². The highest BCUT2D eigenvalue weighted by Crippen LogP contribution is 2.27. The monoisotopic (exact) mass is 202 g/mol. The number of ketones is 1. The van der Waals surface area contributed by atoms with E-state index in [9.17, 15) is 15.0 Å². The van der Waals surface area contributed by atoms with E-state index in [0.717, 1.165) is 32.1 Å². The Hall–Kier alpha value is -0.450. The van der Waals surface area contributed by atoms with Crippen molar-refractivity contribution in [1.29, 1.82) is 0 Å². The van der Waals surface area contributed by atoms with Crippen LogP contribution in [0.5, 0.6) is 0 Å². The summed E-state index contributed by atoms with van der Waals surface area (Å²) in [6, 6.07) is 0. The number of hydrogen-bond donors (Lipinski definition) is 3. The van der Waals surface area contributed by atoms with Crippen LogP contribution in [0.2, 0.25) is 0 Å². The predicted octanol–water partition coefficient (Wildman–Crippen LogP) is -0.150. The summed E-state index contributed by atoms with van der Waals surface area (Å²) < 4.78 is 0. The first-order valence-corrected chi connectivity index (χ1v) is 5.16. The van der Waals surface area contributed by atoms with Gasteiger partial charge in [-0.2, -0.15) is 0 Å². The van der Waals surface area contributed by atoms with Gasteiger partial charge in [0.2, 0.25) is 0 Å². The summed E-state index contributed by atoms with van der Waals surface area (Å²) in [5.74, 6) is -0.683. The van der Waals surface area contributed by atoms with Crippen LogP contribution in [-0.4, -0.2) is 39.9 Å². The molecule has 0 amide bonds. The lowest BCUT2D eigenvalue weighted by Crippen LogP contribution is -2.41. The molecule has 82 valence electrons. The molecule has 0 aromatic heterocycles. The smallest absolute Gasteiger partial charge is 0.189 e. The third-order valence-electron chi connectivity index (χ3n) is 2.94. The zero-order valence-corrected chi connectivity index (χ0v) is 8.22. The van der Waals surface area contributed by atoms with Crippen LogP contribution in [0.15, 0.2) is 0 Å². The summed E-state index contributed by atoms with van der Waals surface area (Å²) in [6.07, 6.45) is 2.54. The highest BCUT2D eigenvalue weighted by atomic mass is 16.3. The van der Waals surface area contributed by atoms with Crippen LogP contribution in [-0.2, 0) is 4.79 Å². The molecule has 4 heteroatoms. The number of carbonyl (C=O) groups excluding carboxylic acids is 1. The molecular weight excluding hydrogens is 184 g/mol. The van der Waals surface area contributed by atoms with Crippen LogP contribution < -0.4 is 0 Å². The number of aliphatic hydroxyl groups excluding tert-OH is 3. The second-order valence-corrected chi connectivity index (χ2v) is 3.96. The average Bonchev–Trinajstić information content (AvgIpc) is 2.27. The van der Waals surface area contributed by atoms with Gasteiger partial charge < -0.3 is 15.3 Å². The third-order valence-corrected chi connectivity index (χ3v) is 2.94. The third kappa shape index (κ3) is 2.77. The van der Waals surface area contributed by atoms with E-state index in [2.05, 4.69) is 0 Å². The molecule has 2 atom stereocenters. The molecule has 1 saturated carbocycles. The number of hydrogen-bond acceptors (Lipinski definition) is 4. The van der Waals surface area contributed by atoms with Crippen LogP contribution in [0.3, 0.4) is 0 Å². The van der Waals surface area contributed by atoms with Crippen LogP contribution >= 0.6 is 0 Å². The Kier molecular flexibility index (Phi) is 4.51. The first-order chi connectivity index (χ1) is 6.66. The maximum absolute atomic E-state index is 10.9. The summed E-state index contributed by atoms with van der Waals surface area (Å²) >= 11 is 0. The van der Waals surface area contributed by atoms with E-state index in [-0.39, 0.29) is 5.92 Å². The Labute approximate surface area is 83.6 Å². The molecule has 0 radical (unpaired) electrons. The standard InChI is InChI=1S/C10H18O4/c11-6-8(12)10(14)9(13)7-4-2-1-3-5-7/h7,9-11,13-14H,1-6H2/t9-,10+/m1/s1. The topological polar surface area (TPSA) is 77.8 Å². The first-order valence-electron chi connectivity index (χ1n) is 5.16. The van der Waals surface area contributed by atoms with Crippen molar-refractivity contribution in [3.63, 3.8) is 0 Å². The molecule has 0 aromatic carbocycles. The molecule has 0 unspecified atom stereocenters. The van der Waals surface area contributed by atoms with Crippen molar-refractivity contribution in [2.75, 3.05) is 6.61 Å². The molecule has 1 fully saturated rings. The number of carbonyl (C=O) groups is 1. The van der Waals surface area contributed by atoms with Crippen molar-refractivity contribution in [2.24, 2.45) is 5.92 Å². The van der Waals surface area contributed by atoms with Gasteiger partial charge in [0.15, 0.2) is 5.78 Å². The van der Waals surface area contributed by atoms with Crippen molar-refractivity contribution in [1.82, 2.24) is 0 Å². The summed E-state index contributed by atoms with van der Waals surface area (Å²) in [7, 11) is 0. The molecule has 0 aliphatic heterocycles. The zero-order chi connectivity index (χ0) is 10.6. The van der Waals surface area contributed by atoms with Crippen molar-refractivity contribution < 1.29 is 20.1 Å². The molecule has 0 spiro atoms. The van der Waals surface area contributed by atoms with E-state index in [1.807, 2.05) is 0 Å². The molecular formula is C10H18O4. The molecule has 1 aliphatic carbocycles. The molecule has 1 rings (SSSR count). The molecule has 0 heterocycles. The van der Waals surface area contributed by atoms with Crippen molar-refractivity contribution in [3.05, 3.63) is 0 Å². The maximum Gasteiger partial charge on any atom is 0.189 e. The fourth-order valence-electron chi connectivity index (χ4n) is 2.02. The Bertz CT molecular complexity index is 187. The van der Waals surface area contributed by atoms with Gasteiger partial charge in [-0.3, -0.25) is 4.79 Å². The average molecular weight is 202 g/mol. The minimum absolute atomic E-state index is 0.00856. The lowest BCUT2D eigenvalue weighted by Gasteiger charge is -2.28. The lowest BCUT2D eigenvalue weighted by atomic mass is 9.82. The predicted molar refractivity (Wildman–Crippen MR) is 50.7 cm³/mol. The fourth-order valence-corrected chi connectivity index (χ4v) is 2.02. The number of Topliss-reactive ketones (excluding diaryl/α,β-unsaturated/α-hetero) is 1. The van der Waals surface area contributed by atoms with E-state index in [1.54, 1.807) is 0 Å². The Morgan fingerprint density at radius 2 is 1.79 bits per heavy atom. The lowest BCUT2D eigenvalue weighted by molar-refractivity contribution is -0.138. The molecule has 3 N–H and O–H groups in total. The summed E-state index contributed by atoms with van der Waals surface area (Å²) in [6.45, 7) is -0.703. The first kappa shape index (κ1) is 11.6. The molecule has 1 aliphatic rings. The summed E-state index contributed by atoms with van der Waals surface area (Å²) in [5, 5.41) is 27.6. The Morgan fingerprint density at radius 3 is 2.29 bits per heavy atom. The SMILES string of the molecule is O=C(CO)[C@H](O)[C@H](O)C1CCCCC1. The van der Waals surface area contributed by atoms with Gasteiger partial charge in [-0.05, 0) is 18.8 Å². The Balaban J connectivity index is 2.45. The normalized spacial score (nSPS) is 23.1. The van der Waals surface area contributed by atoms with Crippen LogP contribution in [0.1, 0.15) is 32.1 Å². The van der Waals surface area contributed by atoms with Crippen molar-refractivity contribution in [3.8, 4) is 0 Å². The second kappa shape index (κ2) is 5.44. The van der Waals surface area contributed by atoms with Gasteiger partial charge in [0.25, 0.3) is 0 Å². The quantitative estimate of drug-likeness (QED) is 0.592. The van der Waals surface area contributed by atoms with Gasteiger partial charge in [0.05, 0.1) is 6.10 Å². The van der Waals surface area contributed by atoms with Gasteiger partial charge >= 0.3 is 0 Å². The van der Waals surface area contributed by atoms with E-state index >= 15 is 0 Å². The van der Waals surface area contributed by atoms with E-state index < -0.39 is 24.6 Å². The molecule has 14 heavy (non-hydrogen) atoms. The van der Waals surface area contributed by atoms with Gasteiger partial charge in [-0.1, -0.05) is 19.3 Å². The fraction of sp³-hybridized carbons (Fsp3) is 0.900. The molecule has 0 saturated heterocycles. The Morgan fingerprint density at radius 1 is 1.21 bits per heavy atom. The van der Waals surface area contributed by atoms with Crippen LogP contribution in [0.25, 0.3) is 0 Å². The van der Waals surface area contributed by atoms with Crippen LogP contribution in [0.4, 0.5) is 0 Å². The van der Waals surface area contributed by atoms with E-state index in [0.29, 0.717) is 0 Å². The molecule has 0 aromatic rings. The van der Waals surface area contributed by atoms with Crippen molar-refractivity contribution >= 4 is 5.78 Å². The van der Waals surface area contributed by atoms with E-state index in [4.69, 9.17) is 5.11 Å². The number of aliphatic hydroxyl groups is 3. The van der Waals surface area contributed by atoms with Gasteiger partial charge in [-0.25, -0.2) is 0 Å². The van der Waals surface area contributed by atoms with Gasteiger partial charge in [0.1, 0.15) is 12.7 Å². The maximum atomic E-state index is 10.9. The zero-order valence-electron chi connectivity index (χ0n) is 8.22. The highest BCUT2D eigenvalue weighted by molar-refractivity contribution is 5.84.